The van der Waals surface area contributed by atoms with Crippen LogP contribution in [0.15, 0.2) is 4.42 Å². The first kappa shape index (κ1) is 10.6. The Morgan fingerprint density at radius 2 is 2.27 bits per heavy atom. The number of hydrogen-bond donors (Lipinski definition) is 2. The summed E-state index contributed by atoms with van der Waals surface area (Å²) >= 11 is 0. The van der Waals surface area contributed by atoms with Crippen LogP contribution >= 0.6 is 0 Å². The van der Waals surface area contributed by atoms with Crippen LogP contribution in [0.3, 0.4) is 0 Å². The van der Waals surface area contributed by atoms with Gasteiger partial charge in [0.25, 0.3) is 0 Å². The Labute approximate surface area is 89.7 Å². The van der Waals surface area contributed by atoms with Gasteiger partial charge < -0.3 is 14.8 Å². The zero-order valence-corrected chi connectivity index (χ0v) is 9.29. The van der Waals surface area contributed by atoms with E-state index in [1.165, 1.54) is 0 Å². The van der Waals surface area contributed by atoms with Crippen LogP contribution in [-0.4, -0.2) is 22.2 Å². The maximum absolute atomic E-state index is 9.61. The van der Waals surface area contributed by atoms with Gasteiger partial charge in [-0.2, -0.15) is 0 Å². The van der Waals surface area contributed by atoms with Gasteiger partial charge in [0.1, 0.15) is 5.76 Å². The van der Waals surface area contributed by atoms with Gasteiger partial charge >= 0.3 is 0 Å². The summed E-state index contributed by atoms with van der Waals surface area (Å²) in [5.41, 5.74) is 0.943. The molecule has 1 heterocycles. The summed E-state index contributed by atoms with van der Waals surface area (Å²) in [4.78, 5) is 4.29. The normalized spacial score (nSPS) is 26.1. The first-order chi connectivity index (χ1) is 7.16. The van der Waals surface area contributed by atoms with E-state index in [-0.39, 0.29) is 12.1 Å². The van der Waals surface area contributed by atoms with Crippen molar-refractivity contribution >= 4 is 0 Å². The summed E-state index contributed by atoms with van der Waals surface area (Å²) in [6.45, 7) is 4.46. The van der Waals surface area contributed by atoms with Gasteiger partial charge in [0.2, 0.25) is 5.89 Å². The molecule has 1 saturated carbocycles. The van der Waals surface area contributed by atoms with Crippen LogP contribution in [-0.2, 0) is 6.54 Å². The molecular weight excluding hydrogens is 192 g/mol. The molecule has 1 fully saturated rings. The quantitative estimate of drug-likeness (QED) is 0.789. The van der Waals surface area contributed by atoms with E-state index in [1.807, 2.05) is 13.8 Å². The number of aromatic nitrogens is 1. The van der Waals surface area contributed by atoms with Crippen LogP contribution < -0.4 is 5.32 Å². The van der Waals surface area contributed by atoms with Gasteiger partial charge in [0.05, 0.1) is 18.3 Å². The molecule has 15 heavy (non-hydrogen) atoms. The fourth-order valence-electron chi connectivity index (χ4n) is 2.01. The Morgan fingerprint density at radius 3 is 2.80 bits per heavy atom. The number of aliphatic hydroxyl groups is 1. The maximum Gasteiger partial charge on any atom is 0.208 e. The van der Waals surface area contributed by atoms with Crippen molar-refractivity contribution in [3.63, 3.8) is 0 Å². The highest BCUT2D eigenvalue weighted by Gasteiger charge is 2.24. The van der Waals surface area contributed by atoms with E-state index in [9.17, 15) is 5.11 Å². The molecule has 4 heteroatoms. The Hall–Kier alpha value is -0.870. The highest BCUT2D eigenvalue weighted by Crippen LogP contribution is 2.19. The number of nitrogens with zero attached hydrogens (tertiary/aromatic N) is 1. The molecule has 0 amide bonds. The number of aryl methyl sites for hydroxylation is 2. The third kappa shape index (κ3) is 2.38. The van der Waals surface area contributed by atoms with Crippen molar-refractivity contribution in [2.24, 2.45) is 0 Å². The third-order valence-corrected chi connectivity index (χ3v) is 3.07. The summed E-state index contributed by atoms with van der Waals surface area (Å²) in [6.07, 6.45) is 2.84. The molecule has 1 aromatic heterocycles. The van der Waals surface area contributed by atoms with Crippen molar-refractivity contribution in [3.8, 4) is 0 Å². The summed E-state index contributed by atoms with van der Waals surface area (Å²) < 4.78 is 5.45. The molecule has 1 aromatic rings. The fraction of sp³-hybridized carbons (Fsp3) is 0.727. The number of nitrogens with one attached hydrogen (secondary N) is 1. The van der Waals surface area contributed by atoms with Crippen LogP contribution in [0.5, 0.6) is 0 Å². The number of rotatable bonds is 3. The highest BCUT2D eigenvalue weighted by atomic mass is 16.4. The van der Waals surface area contributed by atoms with E-state index in [0.29, 0.717) is 12.4 Å². The van der Waals surface area contributed by atoms with Gasteiger partial charge in [0.15, 0.2) is 0 Å². The molecule has 1 aliphatic carbocycles. The first-order valence-electron chi connectivity index (χ1n) is 5.51. The number of oxazole rings is 1. The second-order valence-electron chi connectivity index (χ2n) is 4.23. The molecule has 2 atom stereocenters. The average molecular weight is 210 g/mol. The lowest BCUT2D eigenvalue weighted by Crippen LogP contribution is -2.35. The average Bonchev–Trinajstić information content (AvgIpc) is 2.72. The number of hydrogen-bond acceptors (Lipinski definition) is 4. The van der Waals surface area contributed by atoms with Crippen LogP contribution in [0, 0.1) is 13.8 Å². The monoisotopic (exact) mass is 210 g/mol. The van der Waals surface area contributed by atoms with E-state index in [0.717, 1.165) is 30.7 Å². The lowest BCUT2D eigenvalue weighted by molar-refractivity contribution is 0.147. The van der Waals surface area contributed by atoms with E-state index in [4.69, 9.17) is 4.42 Å². The standard InChI is InChI=1S/C11H18N2O2/c1-7-8(2)15-11(13-7)6-12-9-4-3-5-10(9)14/h9-10,12,14H,3-6H2,1-2H3/t9-,10-/m0/s1. The van der Waals surface area contributed by atoms with Crippen LogP contribution in [0.2, 0.25) is 0 Å². The van der Waals surface area contributed by atoms with Gasteiger partial charge in [-0.15, -0.1) is 0 Å². The third-order valence-electron chi connectivity index (χ3n) is 3.07. The molecule has 84 valence electrons. The Balaban J connectivity index is 1.87. The molecule has 0 unspecified atom stereocenters. The smallest absolute Gasteiger partial charge is 0.208 e. The zero-order chi connectivity index (χ0) is 10.8. The predicted molar refractivity (Wildman–Crippen MR) is 56.5 cm³/mol. The molecule has 0 saturated heterocycles. The van der Waals surface area contributed by atoms with Crippen molar-refractivity contribution in [1.82, 2.24) is 10.3 Å². The molecule has 0 radical (unpaired) electrons. The Bertz CT molecular complexity index is 316. The fourth-order valence-corrected chi connectivity index (χ4v) is 2.01. The first-order valence-corrected chi connectivity index (χ1v) is 5.51. The van der Waals surface area contributed by atoms with Crippen molar-refractivity contribution in [2.45, 2.75) is 51.8 Å². The van der Waals surface area contributed by atoms with Crippen LogP contribution in [0.4, 0.5) is 0 Å². The Kier molecular flexibility index (Phi) is 3.07. The van der Waals surface area contributed by atoms with Crippen molar-refractivity contribution in [3.05, 3.63) is 17.3 Å². The van der Waals surface area contributed by atoms with Gasteiger partial charge in [-0.05, 0) is 33.1 Å². The highest BCUT2D eigenvalue weighted by molar-refractivity contribution is 5.05. The van der Waals surface area contributed by atoms with E-state index in [1.54, 1.807) is 0 Å². The van der Waals surface area contributed by atoms with Gasteiger partial charge in [-0.25, -0.2) is 4.98 Å². The molecule has 4 nitrogen and oxygen atoms in total. The van der Waals surface area contributed by atoms with Crippen LogP contribution in [0.25, 0.3) is 0 Å². The van der Waals surface area contributed by atoms with Crippen molar-refractivity contribution in [2.75, 3.05) is 0 Å². The van der Waals surface area contributed by atoms with E-state index in [2.05, 4.69) is 10.3 Å². The van der Waals surface area contributed by atoms with Gasteiger partial charge in [-0.1, -0.05) is 0 Å². The summed E-state index contributed by atoms with van der Waals surface area (Å²) in [6, 6.07) is 0.206. The number of aliphatic hydroxyl groups excluding tert-OH is 1. The lowest BCUT2D eigenvalue weighted by atomic mass is 10.2. The molecule has 0 aliphatic heterocycles. The molecule has 2 rings (SSSR count). The van der Waals surface area contributed by atoms with E-state index >= 15 is 0 Å². The maximum atomic E-state index is 9.61. The minimum atomic E-state index is -0.206. The van der Waals surface area contributed by atoms with Crippen molar-refractivity contribution < 1.29 is 9.52 Å². The molecular formula is C11H18N2O2. The molecule has 1 aliphatic rings. The molecule has 0 aromatic carbocycles. The lowest BCUT2D eigenvalue weighted by Gasteiger charge is -2.14. The molecule has 0 spiro atoms. The van der Waals surface area contributed by atoms with Crippen molar-refractivity contribution in [1.29, 1.82) is 0 Å². The topological polar surface area (TPSA) is 58.3 Å². The van der Waals surface area contributed by atoms with Crippen LogP contribution in [0.1, 0.15) is 36.6 Å². The second kappa shape index (κ2) is 4.33. The minimum absolute atomic E-state index is 0.206. The molecule has 0 bridgehead atoms. The predicted octanol–water partition coefficient (Wildman–Crippen LogP) is 1.29. The largest absolute Gasteiger partial charge is 0.444 e. The SMILES string of the molecule is Cc1nc(CN[C@H]2CCC[C@@H]2O)oc1C. The Morgan fingerprint density at radius 1 is 1.47 bits per heavy atom. The summed E-state index contributed by atoms with van der Waals surface area (Å²) in [5.74, 6) is 1.59. The zero-order valence-electron chi connectivity index (χ0n) is 9.29. The van der Waals surface area contributed by atoms with Gasteiger partial charge in [-0.3, -0.25) is 0 Å². The molecule has 2 N–H and O–H groups in total. The summed E-state index contributed by atoms with van der Waals surface area (Å²) in [7, 11) is 0. The van der Waals surface area contributed by atoms with Gasteiger partial charge in [0, 0.05) is 6.04 Å². The minimum Gasteiger partial charge on any atom is -0.444 e. The van der Waals surface area contributed by atoms with E-state index < -0.39 is 0 Å². The second-order valence-corrected chi connectivity index (χ2v) is 4.23. The summed E-state index contributed by atoms with van der Waals surface area (Å²) in [5, 5.41) is 12.9.